The zero-order chi connectivity index (χ0) is 15.5. The van der Waals surface area contributed by atoms with Crippen LogP contribution in [-0.4, -0.2) is 61.2 Å². The SMILES string of the molecule is CN(CCCS(=O)(=O)N(C)C)Cc1noc(C2CCC2)n1. The van der Waals surface area contributed by atoms with Crippen LogP contribution in [0, 0.1) is 0 Å². The lowest BCUT2D eigenvalue weighted by molar-refractivity contribution is 0.283. The second-order valence-corrected chi connectivity index (χ2v) is 8.17. The summed E-state index contributed by atoms with van der Waals surface area (Å²) in [5.74, 6) is 2.03. The monoisotopic (exact) mass is 316 g/mol. The molecule has 120 valence electrons. The van der Waals surface area contributed by atoms with Crippen molar-refractivity contribution < 1.29 is 12.9 Å². The van der Waals surface area contributed by atoms with Gasteiger partial charge in [0.2, 0.25) is 15.9 Å². The highest BCUT2D eigenvalue weighted by Crippen LogP contribution is 2.35. The molecule has 1 saturated carbocycles. The number of sulfonamides is 1. The molecule has 21 heavy (non-hydrogen) atoms. The minimum Gasteiger partial charge on any atom is -0.339 e. The molecule has 0 amide bonds. The van der Waals surface area contributed by atoms with E-state index in [-0.39, 0.29) is 5.75 Å². The smallest absolute Gasteiger partial charge is 0.229 e. The van der Waals surface area contributed by atoms with Crippen LogP contribution in [0.5, 0.6) is 0 Å². The van der Waals surface area contributed by atoms with Gasteiger partial charge in [0.05, 0.1) is 12.3 Å². The van der Waals surface area contributed by atoms with Gasteiger partial charge in [-0.2, -0.15) is 4.98 Å². The molecule has 1 heterocycles. The Balaban J connectivity index is 1.74. The van der Waals surface area contributed by atoms with Crippen molar-refractivity contribution in [1.29, 1.82) is 0 Å². The van der Waals surface area contributed by atoms with Gasteiger partial charge in [-0.15, -0.1) is 0 Å². The predicted molar refractivity (Wildman–Crippen MR) is 79.3 cm³/mol. The number of nitrogens with zero attached hydrogens (tertiary/aromatic N) is 4. The predicted octanol–water partition coefficient (Wildman–Crippen LogP) is 1.05. The molecule has 8 heteroatoms. The molecule has 0 atom stereocenters. The Labute approximate surface area is 126 Å². The lowest BCUT2D eigenvalue weighted by Gasteiger charge is -2.20. The molecule has 1 aliphatic carbocycles. The quantitative estimate of drug-likeness (QED) is 0.713. The third-order valence-corrected chi connectivity index (χ3v) is 5.77. The minimum atomic E-state index is -3.11. The molecule has 2 rings (SSSR count). The van der Waals surface area contributed by atoms with Crippen LogP contribution in [0.4, 0.5) is 0 Å². The van der Waals surface area contributed by atoms with Crippen LogP contribution in [0.25, 0.3) is 0 Å². The first-order valence-electron chi connectivity index (χ1n) is 7.29. The van der Waals surface area contributed by atoms with E-state index >= 15 is 0 Å². The zero-order valence-electron chi connectivity index (χ0n) is 12.9. The van der Waals surface area contributed by atoms with E-state index in [2.05, 4.69) is 10.1 Å². The van der Waals surface area contributed by atoms with E-state index in [0.717, 1.165) is 18.7 Å². The highest BCUT2D eigenvalue weighted by atomic mass is 32.2. The largest absolute Gasteiger partial charge is 0.339 e. The highest BCUT2D eigenvalue weighted by molar-refractivity contribution is 7.89. The van der Waals surface area contributed by atoms with Crippen molar-refractivity contribution in [3.63, 3.8) is 0 Å². The van der Waals surface area contributed by atoms with Gasteiger partial charge >= 0.3 is 0 Å². The Morgan fingerprint density at radius 3 is 2.57 bits per heavy atom. The van der Waals surface area contributed by atoms with Crippen molar-refractivity contribution in [3.8, 4) is 0 Å². The van der Waals surface area contributed by atoms with Crippen molar-refractivity contribution in [3.05, 3.63) is 11.7 Å². The van der Waals surface area contributed by atoms with Crippen LogP contribution in [0.3, 0.4) is 0 Å². The summed E-state index contributed by atoms with van der Waals surface area (Å²) in [6, 6.07) is 0. The van der Waals surface area contributed by atoms with Gasteiger partial charge in [0.1, 0.15) is 0 Å². The summed E-state index contributed by atoms with van der Waals surface area (Å²) in [5, 5.41) is 3.99. The molecule has 1 aliphatic rings. The maximum atomic E-state index is 11.7. The number of aromatic nitrogens is 2. The van der Waals surface area contributed by atoms with Crippen LogP contribution >= 0.6 is 0 Å². The first-order valence-corrected chi connectivity index (χ1v) is 8.90. The van der Waals surface area contributed by atoms with E-state index in [1.165, 1.54) is 10.7 Å². The summed E-state index contributed by atoms with van der Waals surface area (Å²) in [7, 11) is 1.93. The standard InChI is InChI=1S/C13H24N4O3S/c1-16(2)21(18,19)9-5-8-17(3)10-12-14-13(20-15-12)11-6-4-7-11/h11H,4-10H2,1-3H3. The van der Waals surface area contributed by atoms with Crippen molar-refractivity contribution in [2.75, 3.05) is 33.4 Å². The first-order chi connectivity index (χ1) is 9.88. The molecule has 1 fully saturated rings. The van der Waals surface area contributed by atoms with Crippen LogP contribution in [0.15, 0.2) is 4.52 Å². The number of hydrogen-bond acceptors (Lipinski definition) is 6. The summed E-state index contributed by atoms with van der Waals surface area (Å²) in [5.41, 5.74) is 0. The summed E-state index contributed by atoms with van der Waals surface area (Å²) in [6.07, 6.45) is 4.10. The van der Waals surface area contributed by atoms with Crippen molar-refractivity contribution in [2.24, 2.45) is 0 Å². The summed E-state index contributed by atoms with van der Waals surface area (Å²) < 4.78 is 29.8. The third kappa shape index (κ3) is 4.49. The Kier molecular flexibility index (Phi) is 5.34. The average Bonchev–Trinajstić information content (AvgIpc) is 2.74. The second-order valence-electron chi connectivity index (χ2n) is 5.87. The Bertz CT molecular complexity index is 552. The second kappa shape index (κ2) is 6.85. The first kappa shape index (κ1) is 16.4. The minimum absolute atomic E-state index is 0.157. The molecular weight excluding hydrogens is 292 g/mol. The Morgan fingerprint density at radius 1 is 1.29 bits per heavy atom. The number of hydrogen-bond donors (Lipinski definition) is 0. The summed E-state index contributed by atoms with van der Waals surface area (Å²) in [6.45, 7) is 1.26. The molecular formula is C13H24N4O3S. The van der Waals surface area contributed by atoms with E-state index in [4.69, 9.17) is 4.52 Å². The van der Waals surface area contributed by atoms with Gasteiger partial charge in [0.25, 0.3) is 0 Å². The summed E-state index contributed by atoms with van der Waals surface area (Å²) >= 11 is 0. The van der Waals surface area contributed by atoms with E-state index in [1.807, 2.05) is 11.9 Å². The average molecular weight is 316 g/mol. The Morgan fingerprint density at radius 2 is 2.00 bits per heavy atom. The van der Waals surface area contributed by atoms with E-state index in [9.17, 15) is 8.42 Å². The third-order valence-electron chi connectivity index (χ3n) is 3.85. The Hall–Kier alpha value is -0.990. The van der Waals surface area contributed by atoms with Gasteiger partial charge in [-0.3, -0.25) is 4.90 Å². The molecule has 0 aliphatic heterocycles. The van der Waals surface area contributed by atoms with Gasteiger partial charge in [0.15, 0.2) is 5.82 Å². The van der Waals surface area contributed by atoms with E-state index in [0.29, 0.717) is 31.3 Å². The lowest BCUT2D eigenvalue weighted by Crippen LogP contribution is -2.28. The summed E-state index contributed by atoms with van der Waals surface area (Å²) in [4.78, 5) is 6.43. The fourth-order valence-electron chi connectivity index (χ4n) is 2.17. The van der Waals surface area contributed by atoms with Crippen molar-refractivity contribution >= 4 is 10.0 Å². The highest BCUT2D eigenvalue weighted by Gasteiger charge is 2.25. The molecule has 0 unspecified atom stereocenters. The lowest BCUT2D eigenvalue weighted by atomic mass is 9.85. The molecule has 1 aromatic heterocycles. The van der Waals surface area contributed by atoms with Gasteiger partial charge in [-0.05, 0) is 32.9 Å². The number of rotatable bonds is 8. The van der Waals surface area contributed by atoms with Crippen LogP contribution in [-0.2, 0) is 16.6 Å². The molecule has 0 N–H and O–H groups in total. The molecule has 0 aromatic carbocycles. The maximum Gasteiger partial charge on any atom is 0.229 e. The fourth-order valence-corrected chi connectivity index (χ4v) is 3.03. The van der Waals surface area contributed by atoms with Crippen LogP contribution in [0.1, 0.15) is 43.3 Å². The van der Waals surface area contributed by atoms with Gasteiger partial charge in [-0.1, -0.05) is 11.6 Å². The molecule has 0 saturated heterocycles. The van der Waals surface area contributed by atoms with Crippen molar-refractivity contribution in [1.82, 2.24) is 19.3 Å². The topological polar surface area (TPSA) is 79.5 Å². The van der Waals surface area contributed by atoms with E-state index < -0.39 is 10.0 Å². The van der Waals surface area contributed by atoms with Gasteiger partial charge < -0.3 is 4.52 Å². The molecule has 0 spiro atoms. The fraction of sp³-hybridized carbons (Fsp3) is 0.846. The van der Waals surface area contributed by atoms with Gasteiger partial charge in [-0.25, -0.2) is 12.7 Å². The van der Waals surface area contributed by atoms with Gasteiger partial charge in [0, 0.05) is 20.0 Å². The molecule has 7 nitrogen and oxygen atoms in total. The van der Waals surface area contributed by atoms with Crippen LogP contribution in [0.2, 0.25) is 0 Å². The van der Waals surface area contributed by atoms with E-state index in [1.54, 1.807) is 14.1 Å². The molecule has 1 aromatic rings. The maximum absolute atomic E-state index is 11.7. The normalized spacial score (nSPS) is 16.6. The molecule has 0 bridgehead atoms. The van der Waals surface area contributed by atoms with Crippen LogP contribution < -0.4 is 0 Å². The molecule has 0 radical (unpaired) electrons. The van der Waals surface area contributed by atoms with Crippen molar-refractivity contribution in [2.45, 2.75) is 38.1 Å². The zero-order valence-corrected chi connectivity index (χ0v) is 13.8.